The third-order valence-electron chi connectivity index (χ3n) is 1.38. The molecule has 3 nitrogen and oxygen atoms in total. The van der Waals surface area contributed by atoms with E-state index in [1.54, 1.807) is 18.4 Å². The zero-order valence-electron chi connectivity index (χ0n) is 6.11. The minimum absolute atomic E-state index is 0. The summed E-state index contributed by atoms with van der Waals surface area (Å²) in [7, 11) is 0. The van der Waals surface area contributed by atoms with Gasteiger partial charge in [0.25, 0.3) is 5.91 Å². The molecule has 2 aliphatic heterocycles. The summed E-state index contributed by atoms with van der Waals surface area (Å²) in [6, 6.07) is 0. The fourth-order valence-corrected chi connectivity index (χ4v) is 0.905. The summed E-state index contributed by atoms with van der Waals surface area (Å²) >= 11 is 0. The van der Waals surface area contributed by atoms with Gasteiger partial charge in [0.1, 0.15) is 5.71 Å². The van der Waals surface area contributed by atoms with E-state index >= 15 is 0 Å². The largest absolute Gasteiger partial charge is 1.00 e. The number of carbonyl (C=O) groups excluding carboxylic acids is 1. The van der Waals surface area contributed by atoms with Crippen LogP contribution in [0, 0.1) is 0 Å². The molecule has 0 N–H and O–H groups in total. The Morgan fingerprint density at radius 3 is 3.20 bits per heavy atom. The van der Waals surface area contributed by atoms with Crippen molar-refractivity contribution in [2.75, 3.05) is 0 Å². The van der Waals surface area contributed by atoms with Crippen LogP contribution in [-0.2, 0) is 4.79 Å². The molecule has 0 unspecified atom stereocenters. The number of carbonyl (C=O) groups is 1. The maximum absolute atomic E-state index is 10.9. The van der Waals surface area contributed by atoms with Crippen LogP contribution in [0.5, 0.6) is 0 Å². The summed E-state index contributed by atoms with van der Waals surface area (Å²) in [5.41, 5.74) is 1.32. The average molecular weight is 133 g/mol. The lowest BCUT2D eigenvalue weighted by Gasteiger charge is -1.99. The Bertz CT molecular complexity index is 306. The highest BCUT2D eigenvalue weighted by atomic mass is 16.1. The van der Waals surface area contributed by atoms with Gasteiger partial charge in [0.2, 0.25) is 0 Å². The molecule has 0 aromatic carbocycles. The van der Waals surface area contributed by atoms with Crippen molar-refractivity contribution in [1.82, 2.24) is 0 Å². The van der Waals surface area contributed by atoms with Crippen LogP contribution in [0.15, 0.2) is 33.9 Å². The molecule has 2 heterocycles. The normalized spacial score (nSPS) is 20.6. The third kappa shape index (κ3) is 0.572. The van der Waals surface area contributed by atoms with Crippen LogP contribution >= 0.6 is 0 Å². The number of aliphatic imine (C=N–C) groups is 2. The highest BCUT2D eigenvalue weighted by molar-refractivity contribution is 6.49. The van der Waals surface area contributed by atoms with Crippen molar-refractivity contribution in [1.29, 1.82) is 0 Å². The number of nitrogens with zero attached hydrogens (tertiary/aromatic N) is 2. The lowest BCUT2D eigenvalue weighted by atomic mass is 10.1. The quantitative estimate of drug-likeness (QED) is 0.477. The maximum atomic E-state index is 10.9. The molecule has 0 fully saturated rings. The van der Waals surface area contributed by atoms with Crippen molar-refractivity contribution in [3.63, 3.8) is 0 Å². The van der Waals surface area contributed by atoms with E-state index < -0.39 is 0 Å². The zero-order chi connectivity index (χ0) is 6.97. The monoisotopic (exact) mass is 133 g/mol. The van der Waals surface area contributed by atoms with Crippen LogP contribution in [0.3, 0.4) is 0 Å². The second-order valence-electron chi connectivity index (χ2n) is 2.00. The van der Waals surface area contributed by atoms with Gasteiger partial charge in [0.15, 0.2) is 0 Å². The molecule has 2 aliphatic rings. The van der Waals surface area contributed by atoms with Crippen LogP contribution in [0.2, 0.25) is 0 Å². The van der Waals surface area contributed by atoms with Gasteiger partial charge in [-0.1, -0.05) is 0 Å². The van der Waals surface area contributed by atoms with Gasteiger partial charge in [-0.05, 0) is 12.2 Å². The fraction of sp³-hybridized carbons (Fsp3) is 0. The Kier molecular flexibility index (Phi) is 0.917. The standard InChI is InChI=1S/C7H4N2O/c10-7-6-5(1-3-8-6)2-4-9-7/h1-4H/p+1. The number of rotatable bonds is 0. The molecule has 0 bridgehead atoms. The van der Waals surface area contributed by atoms with Gasteiger partial charge in [-0.3, -0.25) is 9.79 Å². The van der Waals surface area contributed by atoms with Crippen LogP contribution in [0.4, 0.5) is 0 Å². The van der Waals surface area contributed by atoms with Crippen molar-refractivity contribution in [2.24, 2.45) is 9.98 Å². The van der Waals surface area contributed by atoms with E-state index in [1.807, 2.05) is 0 Å². The number of amides is 1. The summed E-state index contributed by atoms with van der Waals surface area (Å²) < 4.78 is 0. The maximum Gasteiger partial charge on any atom is 1.00 e. The molecule has 10 heavy (non-hydrogen) atoms. The van der Waals surface area contributed by atoms with E-state index in [2.05, 4.69) is 9.98 Å². The minimum atomic E-state index is -0.248. The lowest BCUT2D eigenvalue weighted by molar-refractivity contribution is -0.111. The molecule has 48 valence electrons. The van der Waals surface area contributed by atoms with Crippen LogP contribution < -0.4 is 0 Å². The summed E-state index contributed by atoms with van der Waals surface area (Å²) in [6.45, 7) is 0. The molecular formula is C7H5N2O+. The fourth-order valence-electron chi connectivity index (χ4n) is 0.905. The topological polar surface area (TPSA) is 41.8 Å². The van der Waals surface area contributed by atoms with E-state index in [1.165, 1.54) is 6.21 Å². The average Bonchev–Trinajstić information content (AvgIpc) is 2.36. The Morgan fingerprint density at radius 1 is 1.50 bits per heavy atom. The number of hydrogen-bond donors (Lipinski definition) is 0. The number of hydrogen-bond acceptors (Lipinski definition) is 2. The summed E-state index contributed by atoms with van der Waals surface area (Å²) in [6.07, 6.45) is 6.65. The van der Waals surface area contributed by atoms with Gasteiger partial charge < -0.3 is 0 Å². The van der Waals surface area contributed by atoms with Gasteiger partial charge in [-0.25, -0.2) is 4.99 Å². The molecule has 0 spiro atoms. The third-order valence-corrected chi connectivity index (χ3v) is 1.38. The van der Waals surface area contributed by atoms with Crippen LogP contribution in [-0.4, -0.2) is 17.8 Å². The van der Waals surface area contributed by atoms with Gasteiger partial charge in [-0.2, -0.15) is 0 Å². The first-order valence-electron chi connectivity index (χ1n) is 2.91. The van der Waals surface area contributed by atoms with Gasteiger partial charge in [0, 0.05) is 18.0 Å². The smallest absolute Gasteiger partial charge is 0.265 e. The second-order valence-corrected chi connectivity index (χ2v) is 2.00. The molecule has 3 heteroatoms. The molecule has 0 atom stereocenters. The van der Waals surface area contributed by atoms with Crippen molar-refractivity contribution in [3.05, 3.63) is 23.9 Å². The Morgan fingerprint density at radius 2 is 2.40 bits per heavy atom. The number of fused-ring (bicyclic) bond motifs is 1. The minimum Gasteiger partial charge on any atom is -0.265 e. The highest BCUT2D eigenvalue weighted by Gasteiger charge is 2.18. The molecule has 0 saturated carbocycles. The molecule has 0 aliphatic carbocycles. The van der Waals surface area contributed by atoms with Crippen LogP contribution in [0.25, 0.3) is 0 Å². The molecular weight excluding hydrogens is 128 g/mol. The molecule has 0 aromatic heterocycles. The molecule has 0 saturated heterocycles. The first kappa shape index (κ1) is 5.29. The van der Waals surface area contributed by atoms with Crippen molar-refractivity contribution < 1.29 is 6.22 Å². The van der Waals surface area contributed by atoms with Gasteiger partial charge in [-0.15, -0.1) is 0 Å². The Balaban J connectivity index is 0.000000605. The van der Waals surface area contributed by atoms with Crippen molar-refractivity contribution >= 4 is 17.8 Å². The zero-order valence-corrected chi connectivity index (χ0v) is 5.11. The first-order chi connectivity index (χ1) is 4.88. The summed E-state index contributed by atoms with van der Waals surface area (Å²) in [5.74, 6) is -0.248. The highest BCUT2D eigenvalue weighted by Crippen LogP contribution is 2.11. The predicted octanol–water partition coefficient (Wildman–Crippen LogP) is 0.605. The number of allylic oxidation sites excluding steroid dienone is 2. The summed E-state index contributed by atoms with van der Waals surface area (Å²) in [5, 5.41) is 0. The lowest BCUT2D eigenvalue weighted by Crippen LogP contribution is -2.14. The molecule has 0 aromatic rings. The van der Waals surface area contributed by atoms with E-state index in [0.717, 1.165) is 5.57 Å². The van der Waals surface area contributed by atoms with Crippen LogP contribution in [0.1, 0.15) is 1.43 Å². The summed E-state index contributed by atoms with van der Waals surface area (Å²) in [4.78, 5) is 18.3. The molecule has 2 rings (SSSR count). The van der Waals surface area contributed by atoms with Gasteiger partial charge >= 0.3 is 1.43 Å². The van der Waals surface area contributed by atoms with Crippen molar-refractivity contribution in [2.45, 2.75) is 0 Å². The van der Waals surface area contributed by atoms with E-state index in [0.29, 0.717) is 5.71 Å². The number of dihydropyridines is 1. The molecule has 0 radical (unpaired) electrons. The van der Waals surface area contributed by atoms with Gasteiger partial charge in [0.05, 0.1) is 0 Å². The van der Waals surface area contributed by atoms with E-state index in [-0.39, 0.29) is 7.33 Å². The molecule has 1 amide bonds. The van der Waals surface area contributed by atoms with Crippen molar-refractivity contribution in [3.8, 4) is 0 Å². The van der Waals surface area contributed by atoms with E-state index in [9.17, 15) is 4.79 Å². The first-order valence-corrected chi connectivity index (χ1v) is 2.91. The van der Waals surface area contributed by atoms with E-state index in [4.69, 9.17) is 0 Å². The Hall–Kier alpha value is -1.51. The SMILES string of the molecule is O=C1N=CC=C2C=CN=C12.[H+]. The predicted molar refractivity (Wildman–Crippen MR) is 39.3 cm³/mol. The second kappa shape index (κ2) is 1.73. The Labute approximate surface area is 59.0 Å².